The Morgan fingerprint density at radius 3 is 2.12 bits per heavy atom. The lowest BCUT2D eigenvalue weighted by Gasteiger charge is -2.59. The van der Waals surface area contributed by atoms with E-state index in [4.69, 9.17) is 27.9 Å². The van der Waals surface area contributed by atoms with Gasteiger partial charge in [-0.25, -0.2) is 0 Å². The maximum atomic E-state index is 13.2. The minimum atomic E-state index is -0.291. The van der Waals surface area contributed by atoms with Crippen LogP contribution in [0.5, 0.6) is 5.75 Å². The molecule has 1 heterocycles. The molecule has 2 aromatic carbocycles. The van der Waals surface area contributed by atoms with Crippen LogP contribution in [0, 0.1) is 33.3 Å². The molecule has 5 aliphatic rings. The molecule has 5 fully saturated rings. The second-order valence-electron chi connectivity index (χ2n) is 12.4. The van der Waals surface area contributed by atoms with Gasteiger partial charge in [-0.05, 0) is 92.9 Å². The molecule has 4 saturated carbocycles. The van der Waals surface area contributed by atoms with Crippen molar-refractivity contribution in [2.24, 2.45) is 23.2 Å². The molecule has 1 amide bonds. The number of rotatable bonds is 7. The zero-order valence-electron chi connectivity index (χ0n) is 23.0. The van der Waals surface area contributed by atoms with Gasteiger partial charge in [0.15, 0.2) is 5.75 Å². The van der Waals surface area contributed by atoms with Gasteiger partial charge in [-0.1, -0.05) is 23.2 Å². The van der Waals surface area contributed by atoms with E-state index in [0.29, 0.717) is 53.2 Å². The summed E-state index contributed by atoms with van der Waals surface area (Å²) >= 11 is 12.5. The Morgan fingerprint density at radius 2 is 1.60 bits per heavy atom. The van der Waals surface area contributed by atoms with Crippen LogP contribution < -0.4 is 15.0 Å². The Morgan fingerprint density at radius 1 is 1.02 bits per heavy atom. The molecule has 40 heavy (non-hydrogen) atoms. The van der Waals surface area contributed by atoms with E-state index >= 15 is 0 Å². The number of nitrogens with zero attached hydrogens (tertiary/aromatic N) is 3. The molecule has 7 rings (SSSR count). The van der Waals surface area contributed by atoms with E-state index in [1.54, 1.807) is 23.1 Å². The number of ether oxygens (including phenoxy) is 1. The summed E-state index contributed by atoms with van der Waals surface area (Å²) in [7, 11) is 1.48. The first-order valence-corrected chi connectivity index (χ1v) is 15.0. The fourth-order valence-electron chi connectivity index (χ4n) is 8.32. The number of halogens is 2. The Balaban J connectivity index is 1.15. The minimum Gasteiger partial charge on any atom is -0.494 e. The second kappa shape index (κ2) is 10.6. The summed E-state index contributed by atoms with van der Waals surface area (Å²) in [6, 6.07) is 8.70. The lowest BCUT2D eigenvalue weighted by Crippen LogP contribution is -2.53. The van der Waals surface area contributed by atoms with Gasteiger partial charge in [-0.15, -0.1) is 0 Å². The standard InChI is InChI=1S/C30H36Cl2N4O4/c1-18(30-15-19-9-20(16-30)11-21(10-19)17-30)33-26-14-23(3-4-27(26)36(38)39)34-5-7-35(8-6-34)29(37)22-12-24(31)28(40-2)25(32)13-22/h3-4,12-14,18-21,33H,5-11,15-17H2,1-2H3/t18-,19?,20?,21?,30?/m0/s1. The Hall–Kier alpha value is -2.71. The molecule has 1 saturated heterocycles. The van der Waals surface area contributed by atoms with Crippen molar-refractivity contribution >= 4 is 46.2 Å². The SMILES string of the molecule is COc1c(Cl)cc(C(=O)N2CCN(c3ccc([N+](=O)[O-])c(N[C@@H](C)C45CC6CC(CC(C6)C4)C5)c3)CC2)cc1Cl. The highest BCUT2D eigenvalue weighted by atomic mass is 35.5. The van der Waals surface area contributed by atoms with Crippen molar-refractivity contribution in [1.29, 1.82) is 0 Å². The summed E-state index contributed by atoms with van der Waals surface area (Å²) in [6.45, 7) is 4.49. The highest BCUT2D eigenvalue weighted by molar-refractivity contribution is 6.37. The van der Waals surface area contributed by atoms with Crippen LogP contribution in [-0.4, -0.2) is 55.1 Å². The molecule has 4 bridgehead atoms. The van der Waals surface area contributed by atoms with Gasteiger partial charge in [-0.2, -0.15) is 0 Å². The van der Waals surface area contributed by atoms with E-state index in [1.165, 1.54) is 45.6 Å². The molecule has 0 aromatic heterocycles. The van der Waals surface area contributed by atoms with E-state index in [9.17, 15) is 14.9 Å². The van der Waals surface area contributed by atoms with Gasteiger partial charge in [0.2, 0.25) is 0 Å². The molecule has 214 valence electrons. The highest BCUT2D eigenvalue weighted by Crippen LogP contribution is 2.61. The van der Waals surface area contributed by atoms with Crippen LogP contribution in [0.15, 0.2) is 30.3 Å². The number of carbonyl (C=O) groups is 1. The molecular formula is C30H36Cl2N4O4. The van der Waals surface area contributed by atoms with Crippen molar-refractivity contribution in [2.75, 3.05) is 43.5 Å². The number of carbonyl (C=O) groups excluding carboxylic acids is 1. The number of benzene rings is 2. The van der Waals surface area contributed by atoms with Gasteiger partial charge >= 0.3 is 0 Å². The molecule has 1 aliphatic heterocycles. The maximum absolute atomic E-state index is 13.2. The zero-order chi connectivity index (χ0) is 28.2. The number of hydrogen-bond donors (Lipinski definition) is 1. The lowest BCUT2D eigenvalue weighted by atomic mass is 9.48. The van der Waals surface area contributed by atoms with Crippen LogP contribution in [0.25, 0.3) is 0 Å². The van der Waals surface area contributed by atoms with E-state index < -0.39 is 0 Å². The average Bonchev–Trinajstić information content (AvgIpc) is 2.91. The molecule has 1 N–H and O–H groups in total. The third-order valence-electron chi connectivity index (χ3n) is 9.93. The van der Waals surface area contributed by atoms with E-state index in [-0.39, 0.29) is 28.0 Å². The van der Waals surface area contributed by atoms with Crippen molar-refractivity contribution in [2.45, 2.75) is 51.5 Å². The first-order chi connectivity index (χ1) is 19.2. The normalized spacial score (nSPS) is 27.9. The van der Waals surface area contributed by atoms with Crippen LogP contribution >= 0.6 is 23.2 Å². The molecule has 10 heteroatoms. The number of nitro groups is 1. The van der Waals surface area contributed by atoms with Gasteiger partial charge in [0, 0.05) is 49.5 Å². The van der Waals surface area contributed by atoms with Gasteiger partial charge in [0.25, 0.3) is 11.6 Å². The third-order valence-corrected chi connectivity index (χ3v) is 10.5. The monoisotopic (exact) mass is 586 g/mol. The molecule has 4 aliphatic carbocycles. The topological polar surface area (TPSA) is 88.0 Å². The van der Waals surface area contributed by atoms with E-state index in [2.05, 4.69) is 17.1 Å². The maximum Gasteiger partial charge on any atom is 0.292 e. The summed E-state index contributed by atoms with van der Waals surface area (Å²) < 4.78 is 5.19. The first kappa shape index (κ1) is 27.5. The summed E-state index contributed by atoms with van der Waals surface area (Å²) in [4.78, 5) is 28.8. The molecule has 0 radical (unpaired) electrons. The number of nitro benzene ring substituents is 1. The molecular weight excluding hydrogens is 551 g/mol. The quantitative estimate of drug-likeness (QED) is 0.281. The minimum absolute atomic E-state index is 0.113. The third kappa shape index (κ3) is 4.98. The fraction of sp³-hybridized carbons (Fsp3) is 0.567. The van der Waals surface area contributed by atoms with E-state index in [1.807, 2.05) is 12.1 Å². The number of piperazine rings is 1. The Bertz CT molecular complexity index is 1270. The molecule has 2 aromatic rings. The highest BCUT2D eigenvalue weighted by Gasteiger charge is 2.53. The summed E-state index contributed by atoms with van der Waals surface area (Å²) in [6.07, 6.45) is 7.82. The first-order valence-electron chi connectivity index (χ1n) is 14.3. The molecule has 1 atom stereocenters. The van der Waals surface area contributed by atoms with Crippen molar-refractivity contribution in [3.63, 3.8) is 0 Å². The van der Waals surface area contributed by atoms with Crippen LogP contribution in [0.1, 0.15) is 55.8 Å². The number of nitrogens with one attached hydrogen (secondary N) is 1. The van der Waals surface area contributed by atoms with Crippen LogP contribution in [0.3, 0.4) is 0 Å². The number of amides is 1. The number of anilines is 2. The van der Waals surface area contributed by atoms with Crippen LogP contribution in [0.4, 0.5) is 17.1 Å². The summed E-state index contributed by atoms with van der Waals surface area (Å²) in [5.74, 6) is 2.67. The van der Waals surface area contributed by atoms with Gasteiger partial charge in [0.1, 0.15) is 5.69 Å². The molecule has 8 nitrogen and oxygen atoms in total. The van der Waals surface area contributed by atoms with Crippen molar-refractivity contribution in [1.82, 2.24) is 4.90 Å². The second-order valence-corrected chi connectivity index (χ2v) is 13.2. The predicted molar refractivity (Wildman–Crippen MR) is 158 cm³/mol. The fourth-order valence-corrected chi connectivity index (χ4v) is 8.96. The van der Waals surface area contributed by atoms with Gasteiger partial charge in [-0.3, -0.25) is 14.9 Å². The molecule has 0 unspecified atom stereocenters. The Labute approximate surface area is 245 Å². The van der Waals surface area contributed by atoms with Crippen molar-refractivity contribution in [3.8, 4) is 5.75 Å². The number of hydrogen-bond acceptors (Lipinski definition) is 6. The molecule has 0 spiro atoms. The summed E-state index contributed by atoms with van der Waals surface area (Å²) in [5.41, 5.74) is 2.28. The van der Waals surface area contributed by atoms with Crippen LogP contribution in [0.2, 0.25) is 10.0 Å². The predicted octanol–water partition coefficient (Wildman–Crippen LogP) is 6.89. The smallest absolute Gasteiger partial charge is 0.292 e. The summed E-state index contributed by atoms with van der Waals surface area (Å²) in [5, 5.41) is 16.2. The van der Waals surface area contributed by atoms with Crippen molar-refractivity contribution < 1.29 is 14.5 Å². The van der Waals surface area contributed by atoms with Gasteiger partial charge < -0.3 is 19.9 Å². The number of methoxy groups -OCH3 is 1. The van der Waals surface area contributed by atoms with E-state index in [0.717, 1.165) is 23.4 Å². The Kier molecular flexibility index (Phi) is 7.28. The van der Waals surface area contributed by atoms with Crippen molar-refractivity contribution in [3.05, 3.63) is 56.1 Å². The van der Waals surface area contributed by atoms with Gasteiger partial charge in [0.05, 0.1) is 22.1 Å². The largest absolute Gasteiger partial charge is 0.494 e. The van der Waals surface area contributed by atoms with Crippen LogP contribution in [-0.2, 0) is 0 Å². The lowest BCUT2D eigenvalue weighted by molar-refractivity contribution is -0.384. The zero-order valence-corrected chi connectivity index (χ0v) is 24.5. The average molecular weight is 588 g/mol.